The average Bonchev–Trinajstić information content (AvgIpc) is 3.44. The van der Waals surface area contributed by atoms with Gasteiger partial charge in [0, 0.05) is 24.1 Å². The Hall–Kier alpha value is -4.73. The first-order valence-electron chi connectivity index (χ1n) is 10.1. The lowest BCUT2D eigenvalue weighted by molar-refractivity contribution is -0.116. The predicted molar refractivity (Wildman–Crippen MR) is 120 cm³/mol. The molecule has 3 aromatic heterocycles. The Morgan fingerprint density at radius 1 is 1.12 bits per heavy atom. The summed E-state index contributed by atoms with van der Waals surface area (Å²) >= 11 is 0. The second-order valence-electron chi connectivity index (χ2n) is 7.18. The van der Waals surface area contributed by atoms with Crippen molar-refractivity contribution < 1.29 is 13.9 Å². The van der Waals surface area contributed by atoms with Crippen LogP contribution in [0.4, 0.5) is 5.69 Å². The fourth-order valence-corrected chi connectivity index (χ4v) is 3.34. The van der Waals surface area contributed by atoms with Gasteiger partial charge in [0.25, 0.3) is 0 Å². The molecular weight excluding hydrogens is 424 g/mol. The summed E-state index contributed by atoms with van der Waals surface area (Å²) in [6.07, 6.45) is 5.09. The van der Waals surface area contributed by atoms with E-state index >= 15 is 0 Å². The van der Waals surface area contributed by atoms with Gasteiger partial charge < -0.3 is 14.5 Å². The highest BCUT2D eigenvalue weighted by Crippen LogP contribution is 2.23. The van der Waals surface area contributed by atoms with E-state index in [-0.39, 0.29) is 12.5 Å². The summed E-state index contributed by atoms with van der Waals surface area (Å²) < 4.78 is 14.1. The number of hydrogen-bond donors (Lipinski definition) is 1. The molecule has 0 fully saturated rings. The fourth-order valence-electron chi connectivity index (χ4n) is 3.34. The maximum absolute atomic E-state index is 12.5. The number of benzene rings is 2. The number of aryl methyl sites for hydroxylation is 1. The number of carbonyl (C=O) groups is 1. The first kappa shape index (κ1) is 20.2. The van der Waals surface area contributed by atoms with E-state index in [2.05, 4.69) is 20.3 Å². The summed E-state index contributed by atoms with van der Waals surface area (Å²) in [5.74, 6) is 1.19. The molecule has 0 saturated carbocycles. The van der Waals surface area contributed by atoms with E-state index in [1.54, 1.807) is 84.8 Å². The molecule has 5 rings (SSSR count). The molecule has 2 aromatic carbocycles. The van der Waals surface area contributed by atoms with Crippen LogP contribution in [0.3, 0.4) is 0 Å². The number of oxazole rings is 1. The van der Waals surface area contributed by atoms with Gasteiger partial charge in [-0.15, -0.1) is 0 Å². The molecule has 164 valence electrons. The summed E-state index contributed by atoms with van der Waals surface area (Å²) in [5.41, 5.74) is 1.57. The molecular formula is C23H18N6O4. The first-order valence-corrected chi connectivity index (χ1v) is 10.1. The number of anilines is 1. The highest BCUT2D eigenvalue weighted by atomic mass is 16.5. The summed E-state index contributed by atoms with van der Waals surface area (Å²) in [4.78, 5) is 37.2. The van der Waals surface area contributed by atoms with Crippen molar-refractivity contribution >= 4 is 22.7 Å². The third kappa shape index (κ3) is 4.35. The van der Waals surface area contributed by atoms with E-state index in [1.807, 2.05) is 0 Å². The van der Waals surface area contributed by atoms with Crippen molar-refractivity contribution in [2.45, 2.75) is 13.5 Å². The van der Waals surface area contributed by atoms with E-state index in [0.717, 1.165) is 0 Å². The Bertz CT molecular complexity index is 1490. The van der Waals surface area contributed by atoms with Crippen LogP contribution in [-0.2, 0) is 11.3 Å². The van der Waals surface area contributed by atoms with E-state index in [1.165, 1.54) is 4.57 Å². The highest BCUT2D eigenvalue weighted by Gasteiger charge is 2.13. The second-order valence-corrected chi connectivity index (χ2v) is 7.18. The van der Waals surface area contributed by atoms with Crippen LogP contribution in [0.15, 0.2) is 82.5 Å². The molecule has 0 aliphatic rings. The van der Waals surface area contributed by atoms with Crippen LogP contribution in [0.25, 0.3) is 16.9 Å². The molecule has 0 bridgehead atoms. The Labute approximate surface area is 187 Å². The lowest BCUT2D eigenvalue weighted by Gasteiger charge is -2.09. The molecule has 5 aromatic rings. The van der Waals surface area contributed by atoms with Crippen molar-refractivity contribution in [3.8, 4) is 17.4 Å². The Morgan fingerprint density at radius 3 is 2.73 bits per heavy atom. The van der Waals surface area contributed by atoms with Crippen LogP contribution in [0.1, 0.15) is 5.82 Å². The average molecular weight is 442 g/mol. The number of nitrogens with one attached hydrogen (secondary N) is 1. The number of amides is 1. The van der Waals surface area contributed by atoms with Gasteiger partial charge in [0.1, 0.15) is 30.3 Å². The van der Waals surface area contributed by atoms with Gasteiger partial charge >= 0.3 is 5.76 Å². The van der Waals surface area contributed by atoms with Gasteiger partial charge in [-0.25, -0.2) is 14.8 Å². The van der Waals surface area contributed by atoms with Crippen molar-refractivity contribution in [3.05, 3.63) is 89.7 Å². The topological polar surface area (TPSA) is 117 Å². The summed E-state index contributed by atoms with van der Waals surface area (Å²) in [6.45, 7) is 1.62. The van der Waals surface area contributed by atoms with Crippen LogP contribution >= 0.6 is 0 Å². The number of fused-ring (bicyclic) bond motifs is 1. The lowest BCUT2D eigenvalue weighted by atomic mass is 10.3. The number of imidazole rings is 1. The van der Waals surface area contributed by atoms with Gasteiger partial charge in [-0.3, -0.25) is 13.9 Å². The maximum Gasteiger partial charge on any atom is 0.420 e. The van der Waals surface area contributed by atoms with Crippen molar-refractivity contribution in [2.24, 2.45) is 0 Å². The number of aromatic nitrogens is 5. The summed E-state index contributed by atoms with van der Waals surface area (Å²) in [5, 5.41) is 2.77. The predicted octanol–water partition coefficient (Wildman–Crippen LogP) is 3.31. The van der Waals surface area contributed by atoms with Crippen LogP contribution in [0, 0.1) is 6.92 Å². The van der Waals surface area contributed by atoms with Crippen molar-refractivity contribution in [1.29, 1.82) is 0 Å². The standard InChI is InChI=1S/C23H18N6O4/c1-15-25-20(28-11-10-24-14-28)12-22(26-15)32-17-8-6-16(7-9-17)27-21(30)13-29-18-4-2-3-5-19(18)33-23(29)31/h2-12,14H,13H2,1H3,(H,27,30). The van der Waals surface area contributed by atoms with Gasteiger partial charge in [-0.05, 0) is 43.3 Å². The lowest BCUT2D eigenvalue weighted by Crippen LogP contribution is -2.24. The quantitative estimate of drug-likeness (QED) is 0.429. The maximum atomic E-state index is 12.5. The fraction of sp³-hybridized carbons (Fsp3) is 0.0870. The molecule has 0 saturated heterocycles. The van der Waals surface area contributed by atoms with Crippen molar-refractivity contribution in [3.63, 3.8) is 0 Å². The second kappa shape index (κ2) is 8.42. The minimum absolute atomic E-state index is 0.161. The molecule has 0 aliphatic heterocycles. The Balaban J connectivity index is 1.27. The molecule has 10 nitrogen and oxygen atoms in total. The third-order valence-electron chi connectivity index (χ3n) is 4.81. The van der Waals surface area contributed by atoms with Crippen molar-refractivity contribution in [2.75, 3.05) is 5.32 Å². The molecule has 0 radical (unpaired) electrons. The summed E-state index contributed by atoms with van der Waals surface area (Å²) in [6, 6.07) is 15.5. The first-order chi connectivity index (χ1) is 16.0. The minimum Gasteiger partial charge on any atom is -0.439 e. The summed E-state index contributed by atoms with van der Waals surface area (Å²) in [7, 11) is 0. The van der Waals surface area contributed by atoms with Crippen LogP contribution in [0.2, 0.25) is 0 Å². The monoisotopic (exact) mass is 442 g/mol. The normalized spacial score (nSPS) is 10.9. The molecule has 10 heteroatoms. The van der Waals surface area contributed by atoms with Gasteiger partial charge in [0.15, 0.2) is 5.58 Å². The zero-order valence-electron chi connectivity index (χ0n) is 17.5. The van der Waals surface area contributed by atoms with E-state index in [9.17, 15) is 9.59 Å². The van der Waals surface area contributed by atoms with Gasteiger partial charge in [0.05, 0.1) is 5.52 Å². The Kier molecular flexibility index (Phi) is 5.15. The van der Waals surface area contributed by atoms with Crippen LogP contribution in [-0.4, -0.2) is 30.0 Å². The van der Waals surface area contributed by atoms with Gasteiger partial charge in [-0.2, -0.15) is 4.98 Å². The number of para-hydroxylation sites is 2. The molecule has 0 spiro atoms. The van der Waals surface area contributed by atoms with Crippen molar-refractivity contribution in [1.82, 2.24) is 24.1 Å². The van der Waals surface area contributed by atoms with E-state index < -0.39 is 5.76 Å². The molecule has 0 unspecified atom stereocenters. The Morgan fingerprint density at radius 2 is 1.94 bits per heavy atom. The van der Waals surface area contributed by atoms with E-state index in [0.29, 0.717) is 40.1 Å². The molecule has 33 heavy (non-hydrogen) atoms. The number of ether oxygens (including phenoxy) is 1. The molecule has 1 amide bonds. The van der Waals surface area contributed by atoms with Crippen LogP contribution in [0.5, 0.6) is 11.6 Å². The number of hydrogen-bond acceptors (Lipinski definition) is 7. The zero-order valence-corrected chi connectivity index (χ0v) is 17.5. The smallest absolute Gasteiger partial charge is 0.420 e. The molecule has 3 heterocycles. The molecule has 0 atom stereocenters. The minimum atomic E-state index is -0.578. The number of nitrogens with zero attached hydrogens (tertiary/aromatic N) is 5. The highest BCUT2D eigenvalue weighted by molar-refractivity contribution is 5.91. The third-order valence-corrected chi connectivity index (χ3v) is 4.81. The van der Waals surface area contributed by atoms with E-state index in [4.69, 9.17) is 9.15 Å². The SMILES string of the molecule is Cc1nc(Oc2ccc(NC(=O)Cn3c(=O)oc4ccccc43)cc2)cc(-n2ccnc2)n1. The molecule has 1 N–H and O–H groups in total. The van der Waals surface area contributed by atoms with Crippen LogP contribution < -0.4 is 15.8 Å². The van der Waals surface area contributed by atoms with Gasteiger partial charge in [-0.1, -0.05) is 12.1 Å². The number of rotatable bonds is 6. The largest absolute Gasteiger partial charge is 0.439 e. The van der Waals surface area contributed by atoms with Gasteiger partial charge in [0.2, 0.25) is 11.8 Å². The number of carbonyl (C=O) groups excluding carboxylic acids is 1. The zero-order chi connectivity index (χ0) is 22.8. The molecule has 0 aliphatic carbocycles.